The Labute approximate surface area is 264 Å². The molecule has 0 bridgehead atoms. The molecule has 46 heavy (non-hydrogen) atoms. The van der Waals surface area contributed by atoms with Crippen LogP contribution in [-0.2, 0) is 22.7 Å². The topological polar surface area (TPSA) is 103 Å². The summed E-state index contributed by atoms with van der Waals surface area (Å²) in [4.78, 5) is 33.5. The fourth-order valence-electron chi connectivity index (χ4n) is 6.47. The Balaban J connectivity index is 1.52. The molecule has 1 aromatic carbocycles. The number of aliphatic hydroxyl groups is 1. The van der Waals surface area contributed by atoms with Gasteiger partial charge in [0.2, 0.25) is 5.60 Å². The fourth-order valence-corrected chi connectivity index (χ4v) is 7.15. The number of piperidine rings is 2. The number of phenolic OH excluding ortho intramolecular Hbond substituents is 1. The normalized spacial score (nSPS) is 22.0. The Bertz CT molecular complexity index is 1590. The third-order valence-electron chi connectivity index (χ3n) is 8.67. The van der Waals surface area contributed by atoms with Crippen LogP contribution in [0.3, 0.4) is 0 Å². The van der Waals surface area contributed by atoms with Crippen LogP contribution in [0.4, 0.5) is 26.3 Å². The number of pyridine rings is 1. The van der Waals surface area contributed by atoms with Gasteiger partial charge in [-0.2, -0.15) is 26.3 Å². The number of ether oxygens (including phenoxy) is 1. The monoisotopic (exact) mass is 671 g/mol. The van der Waals surface area contributed by atoms with Crippen LogP contribution in [0.25, 0.3) is 0 Å². The van der Waals surface area contributed by atoms with Gasteiger partial charge in [-0.3, -0.25) is 14.6 Å². The number of benzene rings is 1. The van der Waals surface area contributed by atoms with Crippen molar-refractivity contribution in [3.63, 3.8) is 0 Å². The maximum absolute atomic E-state index is 14.5. The van der Waals surface area contributed by atoms with Crippen LogP contribution in [-0.4, -0.2) is 68.1 Å². The van der Waals surface area contributed by atoms with Crippen LogP contribution in [0.5, 0.6) is 11.5 Å². The van der Waals surface area contributed by atoms with E-state index in [1.807, 2.05) is 0 Å². The quantitative estimate of drug-likeness (QED) is 0.302. The predicted octanol–water partition coefficient (Wildman–Crippen LogP) is 6.23. The largest absolute Gasteiger partial charge is 0.508 e. The van der Waals surface area contributed by atoms with Crippen molar-refractivity contribution in [3.05, 3.63) is 75.7 Å². The van der Waals surface area contributed by atoms with Gasteiger partial charge in [-0.1, -0.05) is 25.1 Å². The lowest BCUT2D eigenvalue weighted by atomic mass is 9.79. The molecule has 15 heteroatoms. The first-order chi connectivity index (χ1) is 21.6. The standard InChI is InChI=1S/C31H31F6N3O5S/c1-2-24-29(45-19-16-25(46-18-19)31(35,36)37,9-5-13-40(24)26(42)20-17-38-12-8-21(20)30(32,33)34)27(43)39-14-10-28(44,11-15-39)22-6-3-4-7-23(22)41/h3-4,6-8,12,16-18,24,41,44H,2,5,9-11,13-15H2,1H3/t24?,29-/m0/s1. The molecular formula is C31H31F6N3O5S. The molecule has 1 unspecified atom stereocenters. The maximum Gasteiger partial charge on any atom is 0.425 e. The molecule has 2 fully saturated rings. The highest BCUT2D eigenvalue weighted by molar-refractivity contribution is 7.10. The first kappa shape index (κ1) is 33.5. The first-order valence-corrected chi connectivity index (χ1v) is 15.5. The molecule has 0 radical (unpaired) electrons. The van der Waals surface area contributed by atoms with Crippen molar-refractivity contribution in [1.82, 2.24) is 14.8 Å². The Kier molecular flexibility index (Phi) is 9.03. The lowest BCUT2D eigenvalue weighted by molar-refractivity contribution is -0.163. The summed E-state index contributed by atoms with van der Waals surface area (Å²) in [6.07, 6.45) is -7.76. The molecule has 2 atom stereocenters. The summed E-state index contributed by atoms with van der Waals surface area (Å²) in [5, 5.41) is 22.8. The molecule has 3 aromatic rings. The van der Waals surface area contributed by atoms with Gasteiger partial charge < -0.3 is 24.7 Å². The van der Waals surface area contributed by atoms with Crippen LogP contribution >= 0.6 is 11.3 Å². The lowest BCUT2D eigenvalue weighted by Gasteiger charge is -2.50. The zero-order valence-corrected chi connectivity index (χ0v) is 25.4. The number of amides is 2. The summed E-state index contributed by atoms with van der Waals surface area (Å²) in [6.45, 7) is 1.51. The van der Waals surface area contributed by atoms with Crippen molar-refractivity contribution >= 4 is 23.2 Å². The van der Waals surface area contributed by atoms with Gasteiger partial charge in [0.15, 0.2) is 0 Å². The van der Waals surface area contributed by atoms with Crippen molar-refractivity contribution in [2.24, 2.45) is 0 Å². The van der Waals surface area contributed by atoms with Crippen LogP contribution in [0.15, 0.2) is 54.2 Å². The van der Waals surface area contributed by atoms with Gasteiger partial charge in [0.25, 0.3) is 11.8 Å². The summed E-state index contributed by atoms with van der Waals surface area (Å²) in [5.74, 6) is -2.10. The molecule has 0 saturated carbocycles. The zero-order valence-electron chi connectivity index (χ0n) is 24.6. The van der Waals surface area contributed by atoms with Crippen LogP contribution in [0.1, 0.15) is 65.4 Å². The van der Waals surface area contributed by atoms with E-state index in [0.29, 0.717) is 17.4 Å². The number of alkyl halides is 6. The van der Waals surface area contributed by atoms with Crippen LogP contribution < -0.4 is 4.74 Å². The minimum atomic E-state index is -4.88. The van der Waals surface area contributed by atoms with E-state index in [0.717, 1.165) is 28.7 Å². The van der Waals surface area contributed by atoms with Crippen molar-refractivity contribution in [2.75, 3.05) is 19.6 Å². The van der Waals surface area contributed by atoms with E-state index in [9.17, 15) is 46.1 Å². The summed E-state index contributed by atoms with van der Waals surface area (Å²) < 4.78 is 88.2. The van der Waals surface area contributed by atoms with Gasteiger partial charge in [0.1, 0.15) is 16.4 Å². The van der Waals surface area contributed by atoms with Crippen molar-refractivity contribution in [3.8, 4) is 11.5 Å². The second-order valence-electron chi connectivity index (χ2n) is 11.4. The highest BCUT2D eigenvalue weighted by Gasteiger charge is 2.56. The first-order valence-electron chi connectivity index (χ1n) is 14.6. The van der Waals surface area contributed by atoms with Gasteiger partial charge in [-0.15, -0.1) is 11.3 Å². The second-order valence-corrected chi connectivity index (χ2v) is 12.3. The number of aromatic nitrogens is 1. The summed E-state index contributed by atoms with van der Waals surface area (Å²) in [5.41, 5.74) is -5.09. The fraction of sp³-hybridized carbons (Fsp3) is 0.452. The molecule has 2 aliphatic rings. The van der Waals surface area contributed by atoms with E-state index in [-0.39, 0.29) is 68.8 Å². The third-order valence-corrected chi connectivity index (χ3v) is 9.62. The molecule has 2 saturated heterocycles. The number of phenols is 1. The Morgan fingerprint density at radius 3 is 2.35 bits per heavy atom. The van der Waals surface area contributed by atoms with Gasteiger partial charge in [0, 0.05) is 55.5 Å². The van der Waals surface area contributed by atoms with Gasteiger partial charge in [-0.05, 0) is 37.8 Å². The molecule has 5 rings (SSSR count). The number of rotatable bonds is 6. The summed E-state index contributed by atoms with van der Waals surface area (Å²) >= 11 is 0.362. The van der Waals surface area contributed by atoms with Gasteiger partial charge in [-0.25, -0.2) is 0 Å². The Morgan fingerprint density at radius 2 is 1.74 bits per heavy atom. The second kappa shape index (κ2) is 12.4. The predicted molar refractivity (Wildman–Crippen MR) is 154 cm³/mol. The number of hydrogen-bond donors (Lipinski definition) is 2. The van der Waals surface area contributed by atoms with E-state index in [4.69, 9.17) is 4.74 Å². The molecule has 2 N–H and O–H groups in total. The number of carbonyl (C=O) groups is 2. The Hall–Kier alpha value is -3.85. The molecular weight excluding hydrogens is 640 g/mol. The van der Waals surface area contributed by atoms with Gasteiger partial charge >= 0.3 is 12.4 Å². The molecule has 4 heterocycles. The smallest absolute Gasteiger partial charge is 0.425 e. The van der Waals surface area contributed by atoms with Crippen molar-refractivity contribution in [1.29, 1.82) is 0 Å². The molecule has 2 amide bonds. The molecule has 2 aromatic heterocycles. The highest BCUT2D eigenvalue weighted by atomic mass is 32.1. The average molecular weight is 672 g/mol. The summed E-state index contributed by atoms with van der Waals surface area (Å²) in [6, 6.07) is 6.50. The van der Waals surface area contributed by atoms with Gasteiger partial charge in [0.05, 0.1) is 22.8 Å². The number of para-hydroxylation sites is 1. The van der Waals surface area contributed by atoms with Crippen LogP contribution in [0.2, 0.25) is 0 Å². The number of halogens is 6. The number of likely N-dealkylation sites (tertiary alicyclic amines) is 2. The number of nitrogens with zero attached hydrogens (tertiary/aromatic N) is 3. The number of aromatic hydroxyl groups is 1. The van der Waals surface area contributed by atoms with E-state index in [1.54, 1.807) is 25.1 Å². The molecule has 0 spiro atoms. The SMILES string of the molecule is CCC1N(C(=O)c2cnccc2C(F)(F)F)CCC[C@@]1(Oc1csc(C(F)(F)F)c1)C(=O)N1CCC(O)(c2ccccc2O)CC1. The average Bonchev–Trinajstić information content (AvgIpc) is 3.49. The molecule has 2 aliphatic heterocycles. The van der Waals surface area contributed by atoms with E-state index in [1.165, 1.54) is 11.0 Å². The highest BCUT2D eigenvalue weighted by Crippen LogP contribution is 2.44. The van der Waals surface area contributed by atoms with Crippen LogP contribution in [0, 0.1) is 0 Å². The summed E-state index contributed by atoms with van der Waals surface area (Å²) in [7, 11) is 0. The molecule has 0 aliphatic carbocycles. The molecule has 248 valence electrons. The zero-order chi connectivity index (χ0) is 33.5. The van der Waals surface area contributed by atoms with E-state index in [2.05, 4.69) is 4.98 Å². The number of hydrogen-bond acceptors (Lipinski definition) is 7. The number of carbonyl (C=O) groups excluding carboxylic acids is 2. The van der Waals surface area contributed by atoms with E-state index < -0.39 is 57.4 Å². The molecule has 8 nitrogen and oxygen atoms in total. The Morgan fingerprint density at radius 1 is 1.04 bits per heavy atom. The van der Waals surface area contributed by atoms with Crippen molar-refractivity contribution in [2.45, 2.75) is 68.6 Å². The maximum atomic E-state index is 14.5. The third kappa shape index (κ3) is 6.26. The lowest BCUT2D eigenvalue weighted by Crippen LogP contribution is -2.68. The minimum Gasteiger partial charge on any atom is -0.508 e. The van der Waals surface area contributed by atoms with Crippen molar-refractivity contribution < 1.29 is 50.9 Å². The minimum absolute atomic E-state index is 0.00707. The number of thiophene rings is 1. The van der Waals surface area contributed by atoms with E-state index >= 15 is 0 Å².